The molecule has 3 rings (SSSR count). The monoisotopic (exact) mass is 474 g/mol. The Hall–Kier alpha value is -1.38. The highest BCUT2D eigenvalue weighted by Gasteiger charge is 2.44. The number of carbonyl (C=O) groups excluding carboxylic acids is 1. The second-order valence-corrected chi connectivity index (χ2v) is 7.04. The van der Waals surface area contributed by atoms with Crippen LogP contribution in [0.25, 0.3) is 0 Å². The number of carbonyl (C=O) groups is 1. The Morgan fingerprint density at radius 2 is 2.04 bits per heavy atom. The van der Waals surface area contributed by atoms with Gasteiger partial charge in [-0.15, -0.1) is 24.0 Å². The van der Waals surface area contributed by atoms with Crippen LogP contribution in [0.15, 0.2) is 29.3 Å². The van der Waals surface area contributed by atoms with E-state index in [1.807, 2.05) is 24.0 Å². The van der Waals surface area contributed by atoms with Crippen LogP contribution in [-0.4, -0.2) is 49.5 Å². The molecule has 1 atom stereocenters. The highest BCUT2D eigenvalue weighted by molar-refractivity contribution is 14.0. The molecule has 1 heterocycles. The Kier molecular flexibility index (Phi) is 7.25. The minimum atomic E-state index is -0.197. The predicted octanol–water partition coefficient (Wildman–Crippen LogP) is 2.65. The summed E-state index contributed by atoms with van der Waals surface area (Å²) in [5, 5.41) is 6.83. The quantitative estimate of drug-likeness (QED) is 0.392. The van der Waals surface area contributed by atoms with Crippen LogP contribution in [0.3, 0.4) is 0 Å². The van der Waals surface area contributed by atoms with Gasteiger partial charge < -0.3 is 15.5 Å². The fourth-order valence-electron chi connectivity index (χ4n) is 3.49. The molecule has 2 N–H and O–H groups in total. The fourth-order valence-corrected chi connectivity index (χ4v) is 3.49. The summed E-state index contributed by atoms with van der Waals surface area (Å²) in [5.41, 5.74) is 1.27. The van der Waals surface area contributed by atoms with Crippen molar-refractivity contribution in [2.45, 2.75) is 44.1 Å². The largest absolute Gasteiger partial charge is 0.356 e. The van der Waals surface area contributed by atoms with Gasteiger partial charge in [0.1, 0.15) is 5.82 Å². The summed E-state index contributed by atoms with van der Waals surface area (Å²) in [5.74, 6) is 0.780. The van der Waals surface area contributed by atoms with Crippen molar-refractivity contribution < 1.29 is 9.18 Å². The van der Waals surface area contributed by atoms with Crippen molar-refractivity contribution >= 4 is 35.8 Å². The number of rotatable bonds is 5. The Labute approximate surface area is 171 Å². The molecule has 7 heteroatoms. The van der Waals surface area contributed by atoms with Crippen LogP contribution in [0, 0.1) is 5.82 Å². The van der Waals surface area contributed by atoms with Crippen LogP contribution in [0.1, 0.15) is 38.2 Å². The average Bonchev–Trinajstić information content (AvgIpc) is 3.28. The number of guanidine groups is 1. The first-order chi connectivity index (χ1) is 12.1. The maximum absolute atomic E-state index is 13.1. The molecular weight excluding hydrogens is 446 g/mol. The average molecular weight is 474 g/mol. The SMILES string of the molecule is CCC(=O)N1CCC(NC(=NC)NCC2(c3ccc(F)cc3)CC2)C1.I. The van der Waals surface area contributed by atoms with Gasteiger partial charge in [0.15, 0.2) is 5.96 Å². The summed E-state index contributed by atoms with van der Waals surface area (Å²) < 4.78 is 13.1. The van der Waals surface area contributed by atoms with Crippen molar-refractivity contribution in [2.24, 2.45) is 4.99 Å². The van der Waals surface area contributed by atoms with Crippen LogP contribution in [-0.2, 0) is 10.2 Å². The molecule has 1 aliphatic heterocycles. The van der Waals surface area contributed by atoms with Gasteiger partial charge in [-0.1, -0.05) is 19.1 Å². The number of halogens is 2. The number of likely N-dealkylation sites (tertiary alicyclic amines) is 1. The van der Waals surface area contributed by atoms with Gasteiger partial charge in [-0.25, -0.2) is 4.39 Å². The zero-order chi connectivity index (χ0) is 17.9. The highest BCUT2D eigenvalue weighted by atomic mass is 127. The third kappa shape index (κ3) is 4.86. The lowest BCUT2D eigenvalue weighted by molar-refractivity contribution is -0.129. The lowest BCUT2D eigenvalue weighted by atomic mass is 9.96. The van der Waals surface area contributed by atoms with E-state index in [1.165, 1.54) is 17.7 Å². The summed E-state index contributed by atoms with van der Waals surface area (Å²) in [6.07, 6.45) is 3.70. The third-order valence-electron chi connectivity index (χ3n) is 5.31. The fraction of sp³-hybridized carbons (Fsp3) is 0.579. The minimum Gasteiger partial charge on any atom is -0.356 e. The van der Waals surface area contributed by atoms with Crippen molar-refractivity contribution in [1.29, 1.82) is 0 Å². The second-order valence-electron chi connectivity index (χ2n) is 7.04. The van der Waals surface area contributed by atoms with Crippen LogP contribution in [0.5, 0.6) is 0 Å². The lowest BCUT2D eigenvalue weighted by Gasteiger charge is -2.22. The molecule has 0 radical (unpaired) electrons. The van der Waals surface area contributed by atoms with E-state index in [2.05, 4.69) is 15.6 Å². The molecule has 1 saturated carbocycles. The number of nitrogens with one attached hydrogen (secondary N) is 2. The van der Waals surface area contributed by atoms with E-state index in [0.717, 1.165) is 44.9 Å². The molecule has 0 spiro atoms. The molecule has 0 aromatic heterocycles. The van der Waals surface area contributed by atoms with E-state index in [0.29, 0.717) is 6.42 Å². The molecule has 1 unspecified atom stereocenters. The van der Waals surface area contributed by atoms with E-state index in [1.54, 1.807) is 7.05 Å². The van der Waals surface area contributed by atoms with Gasteiger partial charge in [-0.2, -0.15) is 0 Å². The van der Waals surface area contributed by atoms with Gasteiger partial charge in [-0.05, 0) is 37.0 Å². The number of hydrogen-bond donors (Lipinski definition) is 2. The first-order valence-corrected chi connectivity index (χ1v) is 9.07. The Bertz CT molecular complexity index is 645. The molecule has 1 aromatic carbocycles. The van der Waals surface area contributed by atoms with Crippen molar-refractivity contribution in [3.8, 4) is 0 Å². The van der Waals surface area contributed by atoms with Crippen LogP contribution in [0.4, 0.5) is 4.39 Å². The maximum Gasteiger partial charge on any atom is 0.222 e. The van der Waals surface area contributed by atoms with E-state index in [9.17, 15) is 9.18 Å². The van der Waals surface area contributed by atoms with E-state index < -0.39 is 0 Å². The highest BCUT2D eigenvalue weighted by Crippen LogP contribution is 2.47. The van der Waals surface area contributed by atoms with Gasteiger partial charge >= 0.3 is 0 Å². The molecule has 5 nitrogen and oxygen atoms in total. The molecule has 2 aliphatic rings. The van der Waals surface area contributed by atoms with E-state index in [4.69, 9.17) is 0 Å². The number of benzene rings is 1. The number of aliphatic imine (C=N–C) groups is 1. The topological polar surface area (TPSA) is 56.7 Å². The standard InChI is InChI=1S/C19H27FN4O.HI/c1-3-17(25)24-11-8-16(12-24)23-18(21-2)22-13-19(9-10-19)14-4-6-15(20)7-5-14;/h4-7,16H,3,8-13H2,1-2H3,(H2,21,22,23);1H. The van der Waals surface area contributed by atoms with Crippen molar-refractivity contribution in [3.05, 3.63) is 35.6 Å². The summed E-state index contributed by atoms with van der Waals surface area (Å²) in [4.78, 5) is 18.0. The summed E-state index contributed by atoms with van der Waals surface area (Å²) in [6, 6.07) is 7.06. The Morgan fingerprint density at radius 3 is 2.62 bits per heavy atom. The van der Waals surface area contributed by atoms with Crippen molar-refractivity contribution in [2.75, 3.05) is 26.7 Å². The molecule has 1 aliphatic carbocycles. The first kappa shape index (κ1) is 20.9. The van der Waals surface area contributed by atoms with E-state index in [-0.39, 0.29) is 47.2 Å². The molecule has 1 amide bonds. The second kappa shape index (κ2) is 9.01. The summed E-state index contributed by atoms with van der Waals surface area (Å²) >= 11 is 0. The van der Waals surface area contributed by atoms with Gasteiger partial charge in [0.05, 0.1) is 0 Å². The predicted molar refractivity (Wildman–Crippen MR) is 113 cm³/mol. The normalized spacial score (nSPS) is 21.1. The lowest BCUT2D eigenvalue weighted by Crippen LogP contribution is -2.47. The zero-order valence-electron chi connectivity index (χ0n) is 15.4. The summed E-state index contributed by atoms with van der Waals surface area (Å²) in [7, 11) is 1.76. The molecule has 144 valence electrons. The summed E-state index contributed by atoms with van der Waals surface area (Å²) in [6.45, 7) is 4.22. The van der Waals surface area contributed by atoms with Gasteiger partial charge in [-0.3, -0.25) is 9.79 Å². The molecule has 0 bridgehead atoms. The Morgan fingerprint density at radius 1 is 1.35 bits per heavy atom. The van der Waals surface area contributed by atoms with Crippen LogP contribution in [0.2, 0.25) is 0 Å². The molecule has 1 saturated heterocycles. The van der Waals surface area contributed by atoms with Gasteiger partial charge in [0.2, 0.25) is 5.91 Å². The third-order valence-corrected chi connectivity index (χ3v) is 5.31. The van der Waals surface area contributed by atoms with Crippen LogP contribution >= 0.6 is 24.0 Å². The van der Waals surface area contributed by atoms with Crippen molar-refractivity contribution in [3.63, 3.8) is 0 Å². The van der Waals surface area contributed by atoms with Crippen LogP contribution < -0.4 is 10.6 Å². The van der Waals surface area contributed by atoms with Gasteiger partial charge in [0.25, 0.3) is 0 Å². The first-order valence-electron chi connectivity index (χ1n) is 9.07. The molecule has 1 aromatic rings. The number of nitrogens with zero attached hydrogens (tertiary/aromatic N) is 2. The maximum atomic E-state index is 13.1. The van der Waals surface area contributed by atoms with E-state index >= 15 is 0 Å². The molecular formula is C19H28FIN4O. The zero-order valence-corrected chi connectivity index (χ0v) is 17.8. The Balaban J connectivity index is 0.00000243. The number of hydrogen-bond acceptors (Lipinski definition) is 2. The van der Waals surface area contributed by atoms with Gasteiger partial charge in [0, 0.05) is 44.6 Å². The minimum absolute atomic E-state index is 0. The smallest absolute Gasteiger partial charge is 0.222 e. The number of amides is 1. The molecule has 2 fully saturated rings. The van der Waals surface area contributed by atoms with Crippen molar-refractivity contribution in [1.82, 2.24) is 15.5 Å². The molecule has 26 heavy (non-hydrogen) atoms.